The van der Waals surface area contributed by atoms with Crippen LogP contribution in [0.4, 0.5) is 0 Å². The molecule has 0 aromatic heterocycles. The Morgan fingerprint density at radius 2 is 1.00 bits per heavy atom. The minimum atomic E-state index is -4.45. The lowest BCUT2D eigenvalue weighted by atomic mass is 10.1. The second-order valence-electron chi connectivity index (χ2n) is 6.88. The standard InChI is InChI=1S/C17H30O6Si/c1-8-15(5,21)12(18)24(11-4,13(19)16(6,22)9-2)14(20)17(7,23)10-3/h11,21-23H,4,8-10H2,1-3,5-7H3. The first-order valence-electron chi connectivity index (χ1n) is 8.16. The summed E-state index contributed by atoms with van der Waals surface area (Å²) in [6.45, 7) is 11.8. The molecule has 6 nitrogen and oxygen atoms in total. The van der Waals surface area contributed by atoms with Gasteiger partial charge in [-0.3, -0.25) is 0 Å². The third-order valence-corrected chi connectivity index (χ3v) is 9.29. The Morgan fingerprint density at radius 1 is 0.792 bits per heavy atom. The van der Waals surface area contributed by atoms with Gasteiger partial charge in [0, 0.05) is 0 Å². The highest BCUT2D eigenvalue weighted by molar-refractivity contribution is 7.44. The molecule has 0 bridgehead atoms. The Labute approximate surface area is 144 Å². The number of hydrogen-bond acceptors (Lipinski definition) is 6. The van der Waals surface area contributed by atoms with E-state index in [9.17, 15) is 29.7 Å². The predicted molar refractivity (Wildman–Crippen MR) is 93.7 cm³/mol. The molecule has 3 atom stereocenters. The Morgan fingerprint density at radius 3 is 1.12 bits per heavy atom. The van der Waals surface area contributed by atoms with Gasteiger partial charge in [-0.15, -0.1) is 6.58 Å². The number of rotatable bonds is 10. The first kappa shape index (κ1) is 22.8. The van der Waals surface area contributed by atoms with Gasteiger partial charge in [-0.1, -0.05) is 26.5 Å². The van der Waals surface area contributed by atoms with Crippen LogP contribution >= 0.6 is 0 Å². The minimum absolute atomic E-state index is 0.0164. The molecule has 0 aliphatic rings. The van der Waals surface area contributed by atoms with Crippen molar-refractivity contribution in [3.05, 3.63) is 12.3 Å². The Kier molecular flexibility index (Phi) is 7.03. The zero-order valence-electron chi connectivity index (χ0n) is 15.5. The molecule has 0 amide bonds. The van der Waals surface area contributed by atoms with Crippen molar-refractivity contribution < 1.29 is 29.7 Å². The molecule has 0 heterocycles. The van der Waals surface area contributed by atoms with Gasteiger partial charge in [-0.05, 0) is 40.0 Å². The van der Waals surface area contributed by atoms with Crippen molar-refractivity contribution in [1.82, 2.24) is 0 Å². The molecule has 0 fully saturated rings. The van der Waals surface area contributed by atoms with Crippen molar-refractivity contribution >= 4 is 24.3 Å². The second-order valence-corrected chi connectivity index (χ2v) is 10.3. The van der Waals surface area contributed by atoms with Crippen LogP contribution in [0.1, 0.15) is 60.8 Å². The maximum absolute atomic E-state index is 13.0. The summed E-state index contributed by atoms with van der Waals surface area (Å²) in [6, 6.07) is 0. The van der Waals surface area contributed by atoms with Crippen LogP contribution in [0, 0.1) is 0 Å². The molecule has 0 rings (SSSR count). The van der Waals surface area contributed by atoms with E-state index in [1.54, 1.807) is 20.8 Å². The molecule has 3 N–H and O–H groups in total. The highest BCUT2D eigenvalue weighted by Crippen LogP contribution is 2.30. The highest BCUT2D eigenvalue weighted by atomic mass is 28.3. The van der Waals surface area contributed by atoms with Gasteiger partial charge in [0.2, 0.25) is 0 Å². The van der Waals surface area contributed by atoms with E-state index in [-0.39, 0.29) is 19.3 Å². The van der Waals surface area contributed by atoms with Gasteiger partial charge in [0.1, 0.15) is 16.8 Å². The van der Waals surface area contributed by atoms with E-state index in [0.717, 1.165) is 5.70 Å². The molecular weight excluding hydrogens is 328 g/mol. The van der Waals surface area contributed by atoms with Gasteiger partial charge in [0.05, 0.1) is 0 Å². The fourth-order valence-corrected chi connectivity index (χ4v) is 6.60. The summed E-state index contributed by atoms with van der Waals surface area (Å²) in [5.74, 6) is 0. The molecule has 0 radical (unpaired) electrons. The van der Waals surface area contributed by atoms with Crippen LogP contribution in [0.3, 0.4) is 0 Å². The normalized spacial score (nSPS) is 21.5. The minimum Gasteiger partial charge on any atom is -0.383 e. The highest BCUT2D eigenvalue weighted by Gasteiger charge is 2.64. The van der Waals surface area contributed by atoms with Crippen LogP contribution in [0.15, 0.2) is 12.3 Å². The zero-order chi connectivity index (χ0) is 19.6. The first-order valence-corrected chi connectivity index (χ1v) is 10.2. The molecule has 7 heteroatoms. The molecule has 0 aliphatic carbocycles. The van der Waals surface area contributed by atoms with Crippen molar-refractivity contribution in [2.75, 3.05) is 0 Å². The van der Waals surface area contributed by atoms with E-state index in [2.05, 4.69) is 6.58 Å². The summed E-state index contributed by atoms with van der Waals surface area (Å²) in [5.41, 5.74) is -4.82. The van der Waals surface area contributed by atoms with E-state index in [1.165, 1.54) is 20.8 Å². The molecule has 0 aromatic rings. The topological polar surface area (TPSA) is 112 Å². The van der Waals surface area contributed by atoms with Crippen LogP contribution in [-0.2, 0) is 14.4 Å². The van der Waals surface area contributed by atoms with Crippen molar-refractivity contribution in [3.63, 3.8) is 0 Å². The number of carbonyl (C=O) groups is 3. The van der Waals surface area contributed by atoms with Crippen LogP contribution in [-0.4, -0.2) is 56.4 Å². The molecule has 0 saturated heterocycles. The predicted octanol–water partition coefficient (Wildman–Crippen LogP) is 0.968. The maximum atomic E-state index is 13.0. The van der Waals surface area contributed by atoms with E-state index in [0.29, 0.717) is 0 Å². The van der Waals surface area contributed by atoms with E-state index in [4.69, 9.17) is 0 Å². The molecule has 3 unspecified atom stereocenters. The number of aliphatic hydroxyl groups is 3. The largest absolute Gasteiger partial charge is 0.383 e. The van der Waals surface area contributed by atoms with Crippen LogP contribution in [0.25, 0.3) is 0 Å². The lowest BCUT2D eigenvalue weighted by Gasteiger charge is -2.38. The molecule has 0 aliphatic heterocycles. The SMILES string of the molecule is C=C[Si](C(=O)C(C)(O)CC)(C(=O)C(C)(O)CC)C(=O)C(C)(O)CC. The van der Waals surface area contributed by atoms with E-state index >= 15 is 0 Å². The summed E-state index contributed by atoms with van der Waals surface area (Å²) in [6.07, 6.45) is -0.0491. The number of carbonyl (C=O) groups excluding carboxylic acids is 3. The maximum Gasteiger partial charge on any atom is 0.312 e. The quantitative estimate of drug-likeness (QED) is 0.502. The lowest BCUT2D eigenvalue weighted by molar-refractivity contribution is -0.137. The van der Waals surface area contributed by atoms with Crippen LogP contribution < -0.4 is 0 Å². The average Bonchev–Trinajstić information content (AvgIpc) is 2.55. The van der Waals surface area contributed by atoms with Gasteiger partial charge in [0.25, 0.3) is 0 Å². The van der Waals surface area contributed by atoms with E-state index < -0.39 is 41.1 Å². The Hall–Kier alpha value is -1.15. The summed E-state index contributed by atoms with van der Waals surface area (Å²) < 4.78 is 0. The van der Waals surface area contributed by atoms with Crippen LogP contribution in [0.2, 0.25) is 0 Å². The second kappa shape index (κ2) is 7.39. The van der Waals surface area contributed by atoms with Gasteiger partial charge >= 0.3 is 8.07 Å². The Bertz CT molecular complexity index is 464. The smallest absolute Gasteiger partial charge is 0.312 e. The van der Waals surface area contributed by atoms with Crippen molar-refractivity contribution in [1.29, 1.82) is 0 Å². The molecular formula is C17H30O6Si. The molecule has 0 saturated carbocycles. The lowest BCUT2D eigenvalue weighted by Crippen LogP contribution is -2.72. The van der Waals surface area contributed by atoms with E-state index in [1.807, 2.05) is 0 Å². The monoisotopic (exact) mass is 358 g/mol. The zero-order valence-corrected chi connectivity index (χ0v) is 16.5. The summed E-state index contributed by atoms with van der Waals surface area (Å²) >= 11 is 0. The van der Waals surface area contributed by atoms with Crippen LogP contribution in [0.5, 0.6) is 0 Å². The third kappa shape index (κ3) is 3.74. The molecule has 24 heavy (non-hydrogen) atoms. The summed E-state index contributed by atoms with van der Waals surface area (Å²) in [4.78, 5) is 39.1. The van der Waals surface area contributed by atoms with Gasteiger partial charge in [-0.2, -0.15) is 0 Å². The van der Waals surface area contributed by atoms with Gasteiger partial charge < -0.3 is 29.7 Å². The molecule has 0 aromatic carbocycles. The molecule has 138 valence electrons. The third-order valence-electron chi connectivity index (χ3n) is 4.91. The fraction of sp³-hybridized carbons (Fsp3) is 0.706. The molecule has 0 spiro atoms. The average molecular weight is 359 g/mol. The van der Waals surface area contributed by atoms with Crippen molar-refractivity contribution in [2.45, 2.75) is 77.6 Å². The fourth-order valence-electron chi connectivity index (χ4n) is 2.34. The number of hydrogen-bond donors (Lipinski definition) is 3. The first-order chi connectivity index (χ1) is 10.7. The van der Waals surface area contributed by atoms with Gasteiger partial charge in [0.15, 0.2) is 16.2 Å². The summed E-state index contributed by atoms with van der Waals surface area (Å²) in [5, 5.41) is 28.3. The van der Waals surface area contributed by atoms with Gasteiger partial charge in [-0.25, -0.2) is 0 Å². The van der Waals surface area contributed by atoms with Crippen molar-refractivity contribution in [3.8, 4) is 0 Å². The Balaban J connectivity index is 6.70. The summed E-state index contributed by atoms with van der Waals surface area (Å²) in [7, 11) is -4.45. The van der Waals surface area contributed by atoms with Crippen molar-refractivity contribution in [2.24, 2.45) is 0 Å².